The normalized spacial score (nSPS) is 12.4. The first-order valence-electron chi connectivity index (χ1n) is 8.61. The third kappa shape index (κ3) is 4.87. The van der Waals surface area contributed by atoms with Crippen molar-refractivity contribution in [2.45, 2.75) is 24.6 Å². The van der Waals surface area contributed by atoms with Crippen LogP contribution in [0.2, 0.25) is 0 Å². The lowest BCUT2D eigenvalue weighted by Crippen LogP contribution is -2.17. The van der Waals surface area contributed by atoms with E-state index in [9.17, 15) is 39.2 Å². The number of nitrogens with zero attached hydrogens (tertiary/aromatic N) is 2. The van der Waals surface area contributed by atoms with Crippen molar-refractivity contribution in [1.82, 2.24) is 9.78 Å². The molecule has 0 atom stereocenters. The zero-order valence-corrected chi connectivity index (χ0v) is 17.0. The summed E-state index contributed by atoms with van der Waals surface area (Å²) >= 11 is 0. The molecule has 13 heteroatoms. The van der Waals surface area contributed by atoms with E-state index in [1.807, 2.05) is 0 Å². The third-order valence-corrected chi connectivity index (χ3v) is 5.38. The number of alkyl halides is 5. The van der Waals surface area contributed by atoms with Gasteiger partial charge in [-0.1, -0.05) is 0 Å². The maximum Gasteiger partial charge on any atom is 0.573 e. The molecule has 0 amide bonds. The highest BCUT2D eigenvalue weighted by molar-refractivity contribution is 7.90. The Morgan fingerprint density at radius 3 is 2.09 bits per heavy atom. The van der Waals surface area contributed by atoms with Crippen LogP contribution in [0.4, 0.5) is 30.7 Å². The molecular weight excluding hydrogens is 469 g/mol. The van der Waals surface area contributed by atoms with Gasteiger partial charge in [-0.3, -0.25) is 0 Å². The first-order chi connectivity index (χ1) is 14.7. The molecule has 0 spiro atoms. The van der Waals surface area contributed by atoms with E-state index in [0.29, 0.717) is 18.4 Å². The van der Waals surface area contributed by atoms with Gasteiger partial charge in [-0.15, -0.1) is 13.2 Å². The summed E-state index contributed by atoms with van der Waals surface area (Å²) in [6, 6.07) is 5.25. The van der Waals surface area contributed by atoms with Gasteiger partial charge in [0.05, 0.1) is 11.4 Å². The van der Waals surface area contributed by atoms with Gasteiger partial charge < -0.3 is 4.74 Å². The van der Waals surface area contributed by atoms with Crippen molar-refractivity contribution in [3.63, 3.8) is 0 Å². The molecule has 1 heterocycles. The zero-order chi connectivity index (χ0) is 24.0. The molecule has 1 aromatic heterocycles. The minimum Gasteiger partial charge on any atom is -0.406 e. The van der Waals surface area contributed by atoms with Crippen molar-refractivity contribution in [3.05, 3.63) is 59.3 Å². The van der Waals surface area contributed by atoms with Crippen molar-refractivity contribution in [2.75, 3.05) is 6.26 Å². The molecule has 0 saturated heterocycles. The number of aromatic nitrogens is 2. The highest BCUT2D eigenvalue weighted by Crippen LogP contribution is 2.33. The van der Waals surface area contributed by atoms with E-state index in [2.05, 4.69) is 9.84 Å². The average Bonchev–Trinajstić information content (AvgIpc) is 3.06. The van der Waals surface area contributed by atoms with Crippen LogP contribution in [0.15, 0.2) is 41.3 Å². The van der Waals surface area contributed by atoms with Gasteiger partial charge in [0.2, 0.25) is 0 Å². The van der Waals surface area contributed by atoms with Crippen LogP contribution in [0.3, 0.4) is 0 Å². The van der Waals surface area contributed by atoms with E-state index in [0.717, 1.165) is 28.9 Å². The van der Waals surface area contributed by atoms with Gasteiger partial charge >= 0.3 is 6.36 Å². The lowest BCUT2D eigenvalue weighted by Gasteiger charge is -2.14. The smallest absolute Gasteiger partial charge is 0.406 e. The number of halogens is 7. The molecule has 0 aliphatic rings. The molecule has 0 fully saturated rings. The minimum absolute atomic E-state index is 0.00747. The van der Waals surface area contributed by atoms with Crippen LogP contribution in [-0.2, 0) is 9.84 Å². The topological polar surface area (TPSA) is 61.2 Å². The molecule has 0 radical (unpaired) electrons. The summed E-state index contributed by atoms with van der Waals surface area (Å²) in [5.41, 5.74) is -1.38. The van der Waals surface area contributed by atoms with E-state index in [-0.39, 0.29) is 22.5 Å². The summed E-state index contributed by atoms with van der Waals surface area (Å²) in [6.07, 6.45) is -7.43. The predicted octanol–water partition coefficient (Wildman–Crippen LogP) is 5.37. The summed E-state index contributed by atoms with van der Waals surface area (Å²) in [6.45, 7) is 1.27. The number of rotatable bonds is 5. The van der Waals surface area contributed by atoms with Crippen LogP contribution in [0.1, 0.15) is 17.7 Å². The quantitative estimate of drug-likeness (QED) is 0.459. The molecule has 3 rings (SSSR count). The van der Waals surface area contributed by atoms with Crippen molar-refractivity contribution in [2.24, 2.45) is 0 Å². The fraction of sp³-hybridized carbons (Fsp3) is 0.211. The average molecular weight is 482 g/mol. The first-order valence-corrected chi connectivity index (χ1v) is 10.5. The Kier molecular flexibility index (Phi) is 5.98. The van der Waals surface area contributed by atoms with Crippen molar-refractivity contribution in [3.8, 4) is 22.7 Å². The lowest BCUT2D eigenvalue weighted by molar-refractivity contribution is -0.274. The van der Waals surface area contributed by atoms with Crippen LogP contribution in [0.5, 0.6) is 5.75 Å². The summed E-state index contributed by atoms with van der Waals surface area (Å²) < 4.78 is 120. The molecule has 0 N–H and O–H groups in total. The second kappa shape index (κ2) is 8.11. The molecule has 0 bridgehead atoms. The molecule has 172 valence electrons. The summed E-state index contributed by atoms with van der Waals surface area (Å²) in [5, 5.41) is 3.67. The highest BCUT2D eigenvalue weighted by atomic mass is 32.2. The van der Waals surface area contributed by atoms with Crippen LogP contribution in [0.25, 0.3) is 16.9 Å². The Hall–Kier alpha value is -3.09. The van der Waals surface area contributed by atoms with Gasteiger partial charge in [0.25, 0.3) is 6.43 Å². The Balaban J connectivity index is 2.18. The molecule has 0 aliphatic carbocycles. The van der Waals surface area contributed by atoms with Gasteiger partial charge in [-0.25, -0.2) is 30.7 Å². The van der Waals surface area contributed by atoms with Crippen LogP contribution < -0.4 is 4.74 Å². The largest absolute Gasteiger partial charge is 0.573 e. The predicted molar refractivity (Wildman–Crippen MR) is 98.4 cm³/mol. The number of hydrogen-bond acceptors (Lipinski definition) is 4. The van der Waals surface area contributed by atoms with E-state index in [4.69, 9.17) is 0 Å². The van der Waals surface area contributed by atoms with Gasteiger partial charge in [-0.05, 0) is 48.9 Å². The molecule has 32 heavy (non-hydrogen) atoms. The Bertz CT molecular complexity index is 1260. The van der Waals surface area contributed by atoms with Gasteiger partial charge in [-0.2, -0.15) is 5.10 Å². The summed E-state index contributed by atoms with van der Waals surface area (Å²) in [4.78, 5) is -1.19. The third-order valence-electron chi connectivity index (χ3n) is 4.25. The second-order valence-electron chi connectivity index (χ2n) is 6.71. The molecule has 2 aromatic carbocycles. The number of benzene rings is 2. The minimum atomic E-state index is -4.96. The molecule has 0 saturated carbocycles. The summed E-state index contributed by atoms with van der Waals surface area (Å²) in [5.74, 6) is -3.43. The van der Waals surface area contributed by atoms with Crippen LogP contribution in [-0.4, -0.2) is 30.8 Å². The molecule has 3 aromatic rings. The lowest BCUT2D eigenvalue weighted by atomic mass is 10.1. The van der Waals surface area contributed by atoms with Gasteiger partial charge in [0, 0.05) is 11.8 Å². The first kappa shape index (κ1) is 23.6. The van der Waals surface area contributed by atoms with Crippen molar-refractivity contribution >= 4 is 9.84 Å². The van der Waals surface area contributed by atoms with Gasteiger partial charge in [0.15, 0.2) is 9.84 Å². The number of ether oxygens (including phenoxy) is 1. The van der Waals surface area contributed by atoms with Crippen molar-refractivity contribution in [1.29, 1.82) is 0 Å². The number of aryl methyl sites for hydroxylation is 1. The Morgan fingerprint density at radius 1 is 1.03 bits per heavy atom. The number of sulfone groups is 1. The van der Waals surface area contributed by atoms with Crippen LogP contribution in [0, 0.1) is 18.6 Å². The highest BCUT2D eigenvalue weighted by Gasteiger charge is 2.32. The van der Waals surface area contributed by atoms with E-state index in [1.165, 1.54) is 6.92 Å². The molecular formula is C19H13F7N2O3S. The van der Waals surface area contributed by atoms with Crippen molar-refractivity contribution < 1.29 is 43.9 Å². The van der Waals surface area contributed by atoms with Gasteiger partial charge in [0.1, 0.15) is 28.0 Å². The number of hydrogen-bond donors (Lipinski definition) is 0. The Morgan fingerprint density at radius 2 is 1.62 bits per heavy atom. The summed E-state index contributed by atoms with van der Waals surface area (Å²) in [7, 11) is -4.26. The van der Waals surface area contributed by atoms with E-state index >= 15 is 0 Å². The standard InChI is InChI=1S/C19H13F7N2O3S/c1-9-5-11(3-4-16(9)31-19(24,25)26)28-15(8-14(27-28)18(22)23)10-6-12(20)17(13(21)7-10)32(2,29)30/h3-8,18H,1-2H3. The maximum atomic E-state index is 14.3. The molecule has 0 aliphatic heterocycles. The maximum absolute atomic E-state index is 14.3. The Labute approximate surface area is 177 Å². The molecule has 5 nitrogen and oxygen atoms in total. The van der Waals surface area contributed by atoms with Crippen LogP contribution >= 0.6 is 0 Å². The SMILES string of the molecule is Cc1cc(-n2nc(C(F)F)cc2-c2cc(F)c(S(C)(=O)=O)c(F)c2)ccc1OC(F)(F)F. The zero-order valence-electron chi connectivity index (χ0n) is 16.2. The molecule has 0 unspecified atom stereocenters. The fourth-order valence-electron chi connectivity index (χ4n) is 2.98. The second-order valence-corrected chi connectivity index (χ2v) is 8.66. The van der Waals surface area contributed by atoms with E-state index in [1.54, 1.807) is 0 Å². The monoisotopic (exact) mass is 482 g/mol. The van der Waals surface area contributed by atoms with E-state index < -0.39 is 50.6 Å². The fourth-order valence-corrected chi connectivity index (χ4v) is 3.80.